The Balaban J connectivity index is 1.81. The first kappa shape index (κ1) is 14.1. The van der Waals surface area contributed by atoms with Gasteiger partial charge >= 0.3 is 0 Å². The highest BCUT2D eigenvalue weighted by Crippen LogP contribution is 2.17. The molecule has 102 valence electrons. The van der Waals surface area contributed by atoms with Crippen molar-refractivity contribution in [1.29, 1.82) is 0 Å². The summed E-state index contributed by atoms with van der Waals surface area (Å²) in [5.41, 5.74) is 6.77. The van der Waals surface area contributed by atoms with Crippen LogP contribution in [0.4, 0.5) is 0 Å². The molecule has 1 atom stereocenters. The fourth-order valence-electron chi connectivity index (χ4n) is 1.79. The molecule has 0 fully saturated rings. The smallest absolute Gasteiger partial charge is 0.120 e. The number of nitrogens with two attached hydrogens (primary N) is 1. The summed E-state index contributed by atoms with van der Waals surface area (Å²) in [5.74, 6) is 0.866. The van der Waals surface area contributed by atoms with Crippen LogP contribution in [-0.4, -0.2) is 22.2 Å². The van der Waals surface area contributed by atoms with Crippen molar-refractivity contribution in [2.45, 2.75) is 25.9 Å². The minimum Gasteiger partial charge on any atom is -0.492 e. The molecular formula is C14H18BrN3O. The molecule has 19 heavy (non-hydrogen) atoms. The van der Waals surface area contributed by atoms with Crippen molar-refractivity contribution < 1.29 is 4.74 Å². The monoisotopic (exact) mass is 323 g/mol. The number of hydrogen-bond donors (Lipinski definition) is 1. The SMILES string of the molecule is CC(N)Cc1cn(CCOc2cccc(Br)c2)cn1. The molecule has 2 aromatic rings. The molecule has 1 aromatic heterocycles. The summed E-state index contributed by atoms with van der Waals surface area (Å²) in [6, 6.07) is 7.97. The summed E-state index contributed by atoms with van der Waals surface area (Å²) in [6.45, 7) is 3.37. The summed E-state index contributed by atoms with van der Waals surface area (Å²) in [7, 11) is 0. The lowest BCUT2D eigenvalue weighted by molar-refractivity contribution is 0.298. The second-order valence-electron chi connectivity index (χ2n) is 4.59. The van der Waals surface area contributed by atoms with Crippen molar-refractivity contribution in [2.24, 2.45) is 5.73 Å². The van der Waals surface area contributed by atoms with E-state index < -0.39 is 0 Å². The Bertz CT molecular complexity index is 525. The Hall–Kier alpha value is -1.33. The molecule has 0 saturated carbocycles. The van der Waals surface area contributed by atoms with E-state index in [-0.39, 0.29) is 6.04 Å². The molecule has 0 spiro atoms. The van der Waals surface area contributed by atoms with Crippen LogP contribution in [0.25, 0.3) is 0 Å². The Morgan fingerprint density at radius 1 is 1.47 bits per heavy atom. The molecular weight excluding hydrogens is 306 g/mol. The van der Waals surface area contributed by atoms with Crippen molar-refractivity contribution in [2.75, 3.05) is 6.61 Å². The number of benzene rings is 1. The Morgan fingerprint density at radius 2 is 2.32 bits per heavy atom. The molecule has 4 nitrogen and oxygen atoms in total. The molecule has 5 heteroatoms. The van der Waals surface area contributed by atoms with E-state index >= 15 is 0 Å². The predicted molar refractivity (Wildman–Crippen MR) is 79.2 cm³/mol. The molecule has 0 aliphatic carbocycles. The Labute approximate surface area is 121 Å². The molecule has 1 unspecified atom stereocenters. The maximum atomic E-state index is 5.75. The van der Waals surface area contributed by atoms with Gasteiger partial charge < -0.3 is 15.0 Å². The Kier molecular flexibility index (Phi) is 4.99. The summed E-state index contributed by atoms with van der Waals surface area (Å²) >= 11 is 3.42. The molecule has 2 N–H and O–H groups in total. The Morgan fingerprint density at radius 3 is 3.05 bits per heavy atom. The molecule has 0 aliphatic rings. The number of aromatic nitrogens is 2. The molecule has 0 radical (unpaired) electrons. The van der Waals surface area contributed by atoms with Crippen LogP contribution in [0.15, 0.2) is 41.3 Å². The van der Waals surface area contributed by atoms with Crippen LogP contribution in [0.1, 0.15) is 12.6 Å². The van der Waals surface area contributed by atoms with Crippen LogP contribution in [0.5, 0.6) is 5.75 Å². The number of nitrogens with zero attached hydrogens (tertiary/aromatic N) is 2. The van der Waals surface area contributed by atoms with E-state index in [9.17, 15) is 0 Å². The first-order valence-electron chi connectivity index (χ1n) is 6.28. The summed E-state index contributed by atoms with van der Waals surface area (Å²) in [5, 5.41) is 0. The van der Waals surface area contributed by atoms with Crippen LogP contribution in [0.2, 0.25) is 0 Å². The van der Waals surface area contributed by atoms with Gasteiger partial charge in [-0.1, -0.05) is 22.0 Å². The molecule has 1 heterocycles. The standard InChI is InChI=1S/C14H18BrN3O/c1-11(16)7-13-9-18(10-17-13)5-6-19-14-4-2-3-12(15)8-14/h2-4,8-11H,5-7,16H2,1H3. The zero-order chi connectivity index (χ0) is 13.7. The van der Waals surface area contributed by atoms with E-state index in [4.69, 9.17) is 10.5 Å². The minimum absolute atomic E-state index is 0.140. The van der Waals surface area contributed by atoms with Crippen molar-refractivity contribution in [3.05, 3.63) is 47.0 Å². The highest BCUT2D eigenvalue weighted by Gasteiger charge is 2.02. The van der Waals surface area contributed by atoms with Gasteiger partial charge in [0, 0.05) is 23.1 Å². The largest absolute Gasteiger partial charge is 0.492 e. The van der Waals surface area contributed by atoms with Gasteiger partial charge in [-0.3, -0.25) is 0 Å². The van der Waals surface area contributed by atoms with Crippen molar-refractivity contribution in [3.8, 4) is 5.75 Å². The summed E-state index contributed by atoms with van der Waals surface area (Å²) in [6.07, 6.45) is 4.65. The third-order valence-corrected chi connectivity index (χ3v) is 3.13. The number of halogens is 1. The fourth-order valence-corrected chi connectivity index (χ4v) is 2.17. The predicted octanol–water partition coefficient (Wildman–Crippen LogP) is 2.61. The average Bonchev–Trinajstić information content (AvgIpc) is 2.76. The van der Waals surface area contributed by atoms with Gasteiger partial charge in [-0.25, -0.2) is 4.98 Å². The molecule has 0 saturated heterocycles. The summed E-state index contributed by atoms with van der Waals surface area (Å²) in [4.78, 5) is 4.32. The zero-order valence-corrected chi connectivity index (χ0v) is 12.5. The van der Waals surface area contributed by atoms with Crippen LogP contribution >= 0.6 is 15.9 Å². The molecule has 0 aliphatic heterocycles. The lowest BCUT2D eigenvalue weighted by Gasteiger charge is -2.06. The van der Waals surface area contributed by atoms with Crippen molar-refractivity contribution in [3.63, 3.8) is 0 Å². The van der Waals surface area contributed by atoms with E-state index in [0.717, 1.165) is 28.9 Å². The van der Waals surface area contributed by atoms with Crippen LogP contribution < -0.4 is 10.5 Å². The van der Waals surface area contributed by atoms with Crippen LogP contribution in [0, 0.1) is 0 Å². The second-order valence-corrected chi connectivity index (χ2v) is 5.51. The van der Waals surface area contributed by atoms with E-state index in [1.807, 2.05) is 48.3 Å². The van der Waals surface area contributed by atoms with Crippen LogP contribution in [0.3, 0.4) is 0 Å². The van der Waals surface area contributed by atoms with Crippen molar-refractivity contribution >= 4 is 15.9 Å². The number of hydrogen-bond acceptors (Lipinski definition) is 3. The van der Waals surface area contributed by atoms with Gasteiger partial charge in [-0.05, 0) is 25.1 Å². The molecule has 2 rings (SSSR count). The van der Waals surface area contributed by atoms with Crippen molar-refractivity contribution in [1.82, 2.24) is 9.55 Å². The van der Waals surface area contributed by atoms with Crippen LogP contribution in [-0.2, 0) is 13.0 Å². The van der Waals surface area contributed by atoms with Gasteiger partial charge in [0.2, 0.25) is 0 Å². The van der Waals surface area contributed by atoms with E-state index in [1.54, 1.807) is 0 Å². The third-order valence-electron chi connectivity index (χ3n) is 2.63. The van der Waals surface area contributed by atoms with E-state index in [1.165, 1.54) is 0 Å². The normalized spacial score (nSPS) is 12.4. The molecule has 1 aromatic carbocycles. The number of ether oxygens (including phenoxy) is 1. The lowest BCUT2D eigenvalue weighted by Crippen LogP contribution is -2.17. The van der Waals surface area contributed by atoms with Gasteiger partial charge in [-0.15, -0.1) is 0 Å². The molecule has 0 bridgehead atoms. The maximum absolute atomic E-state index is 5.75. The first-order chi connectivity index (χ1) is 9.13. The quantitative estimate of drug-likeness (QED) is 0.889. The maximum Gasteiger partial charge on any atom is 0.120 e. The highest BCUT2D eigenvalue weighted by atomic mass is 79.9. The average molecular weight is 324 g/mol. The van der Waals surface area contributed by atoms with Gasteiger partial charge in [-0.2, -0.15) is 0 Å². The van der Waals surface area contributed by atoms with Gasteiger partial charge in [0.15, 0.2) is 0 Å². The first-order valence-corrected chi connectivity index (χ1v) is 7.07. The van der Waals surface area contributed by atoms with Gasteiger partial charge in [0.1, 0.15) is 12.4 Å². The summed E-state index contributed by atoms with van der Waals surface area (Å²) < 4.78 is 8.72. The highest BCUT2D eigenvalue weighted by molar-refractivity contribution is 9.10. The fraction of sp³-hybridized carbons (Fsp3) is 0.357. The molecule has 0 amide bonds. The lowest BCUT2D eigenvalue weighted by atomic mass is 10.2. The number of rotatable bonds is 6. The van der Waals surface area contributed by atoms with E-state index in [2.05, 4.69) is 20.9 Å². The van der Waals surface area contributed by atoms with Gasteiger partial charge in [0.05, 0.1) is 18.6 Å². The van der Waals surface area contributed by atoms with E-state index in [0.29, 0.717) is 6.61 Å². The second kappa shape index (κ2) is 6.73. The van der Waals surface area contributed by atoms with Gasteiger partial charge in [0.25, 0.3) is 0 Å². The topological polar surface area (TPSA) is 53.1 Å². The third kappa shape index (κ3) is 4.69. The zero-order valence-electron chi connectivity index (χ0n) is 10.9. The minimum atomic E-state index is 0.140. The number of imidazole rings is 1.